The molecule has 0 spiro atoms. The Balaban J connectivity index is 2.41. The molecule has 1 N–H and O–H groups in total. The fraction of sp³-hybridized carbons (Fsp3) is 0.667. The molecule has 106 valence electrons. The molecule has 1 nitrogen and oxygen atoms in total. The van der Waals surface area contributed by atoms with Gasteiger partial charge in [0.1, 0.15) is 0 Å². The van der Waals surface area contributed by atoms with E-state index in [-0.39, 0.29) is 0 Å². The third kappa shape index (κ3) is 2.86. The van der Waals surface area contributed by atoms with E-state index < -0.39 is 0 Å². The highest BCUT2D eigenvalue weighted by Crippen LogP contribution is 2.50. The smallest absolute Gasteiger partial charge is 0.0379 e. The highest BCUT2D eigenvalue weighted by atomic mass is 14.9. The van der Waals surface area contributed by atoms with Crippen molar-refractivity contribution in [2.45, 2.75) is 65.8 Å². The van der Waals surface area contributed by atoms with Crippen LogP contribution in [0.15, 0.2) is 18.2 Å². The molecule has 19 heavy (non-hydrogen) atoms. The van der Waals surface area contributed by atoms with Crippen molar-refractivity contribution in [1.29, 1.82) is 0 Å². The Labute approximate surface area is 118 Å². The van der Waals surface area contributed by atoms with Gasteiger partial charge in [-0.25, -0.2) is 0 Å². The van der Waals surface area contributed by atoms with Gasteiger partial charge in [0.2, 0.25) is 0 Å². The van der Waals surface area contributed by atoms with Gasteiger partial charge >= 0.3 is 0 Å². The summed E-state index contributed by atoms with van der Waals surface area (Å²) in [4.78, 5) is 0. The molecule has 1 fully saturated rings. The molecule has 1 aliphatic carbocycles. The zero-order valence-electron chi connectivity index (χ0n) is 13.1. The highest BCUT2D eigenvalue weighted by molar-refractivity contribution is 5.34. The molecule has 0 amide bonds. The van der Waals surface area contributed by atoms with Crippen LogP contribution in [0.3, 0.4) is 0 Å². The monoisotopic (exact) mass is 259 g/mol. The Morgan fingerprint density at radius 2 is 1.84 bits per heavy atom. The quantitative estimate of drug-likeness (QED) is 0.791. The molecule has 0 aliphatic heterocycles. The van der Waals surface area contributed by atoms with Gasteiger partial charge in [-0.1, -0.05) is 50.5 Å². The predicted octanol–water partition coefficient (Wildman–Crippen LogP) is 4.92. The molecule has 0 bridgehead atoms. The van der Waals surface area contributed by atoms with E-state index in [9.17, 15) is 0 Å². The van der Waals surface area contributed by atoms with E-state index in [1.54, 1.807) is 0 Å². The molecule has 0 radical (unpaired) electrons. The fourth-order valence-electron chi connectivity index (χ4n) is 3.86. The summed E-state index contributed by atoms with van der Waals surface area (Å²) in [7, 11) is 0. The van der Waals surface area contributed by atoms with E-state index in [0.717, 1.165) is 6.54 Å². The topological polar surface area (TPSA) is 12.0 Å². The van der Waals surface area contributed by atoms with Crippen molar-refractivity contribution in [2.75, 3.05) is 6.54 Å². The minimum atomic E-state index is 0.481. The summed E-state index contributed by atoms with van der Waals surface area (Å²) in [5.41, 5.74) is 4.84. The van der Waals surface area contributed by atoms with Crippen LogP contribution in [0.2, 0.25) is 0 Å². The molecule has 0 saturated heterocycles. The third-order valence-electron chi connectivity index (χ3n) is 5.07. The van der Waals surface area contributed by atoms with E-state index in [4.69, 9.17) is 0 Å². The SMILES string of the molecule is CCNC(c1cc(C)ccc1C)C1(CC)CCCC1. The van der Waals surface area contributed by atoms with Crippen LogP contribution in [-0.2, 0) is 0 Å². The van der Waals surface area contributed by atoms with E-state index >= 15 is 0 Å². The molecule has 1 aromatic carbocycles. The average molecular weight is 259 g/mol. The molecule has 1 heteroatoms. The summed E-state index contributed by atoms with van der Waals surface area (Å²) in [6.45, 7) is 10.1. The summed E-state index contributed by atoms with van der Waals surface area (Å²) in [5.74, 6) is 0. The van der Waals surface area contributed by atoms with E-state index in [1.807, 2.05) is 0 Å². The highest BCUT2D eigenvalue weighted by Gasteiger charge is 2.40. The molecule has 0 heterocycles. The second kappa shape index (κ2) is 6.09. The lowest BCUT2D eigenvalue weighted by atomic mass is 9.72. The van der Waals surface area contributed by atoms with Crippen LogP contribution in [0.4, 0.5) is 0 Å². The molecule has 2 rings (SSSR count). The maximum atomic E-state index is 3.80. The molecule has 1 aromatic rings. The first-order valence-corrected chi connectivity index (χ1v) is 7.93. The first-order valence-electron chi connectivity index (χ1n) is 7.93. The second-order valence-corrected chi connectivity index (χ2v) is 6.27. The number of hydrogen-bond donors (Lipinski definition) is 1. The minimum absolute atomic E-state index is 0.481. The van der Waals surface area contributed by atoms with Crippen LogP contribution >= 0.6 is 0 Å². The van der Waals surface area contributed by atoms with Gasteiger partial charge in [0.05, 0.1) is 0 Å². The molecule has 1 unspecified atom stereocenters. The largest absolute Gasteiger partial charge is 0.310 e. The molecule has 0 aromatic heterocycles. The van der Waals surface area contributed by atoms with E-state index in [1.165, 1.54) is 48.8 Å². The fourth-order valence-corrected chi connectivity index (χ4v) is 3.86. The zero-order valence-corrected chi connectivity index (χ0v) is 13.1. The van der Waals surface area contributed by atoms with Crippen LogP contribution in [-0.4, -0.2) is 6.54 Å². The van der Waals surface area contributed by atoms with Crippen molar-refractivity contribution >= 4 is 0 Å². The number of hydrogen-bond acceptors (Lipinski definition) is 1. The number of benzene rings is 1. The maximum absolute atomic E-state index is 3.80. The molecular weight excluding hydrogens is 230 g/mol. The first kappa shape index (κ1) is 14.6. The Morgan fingerprint density at radius 3 is 2.42 bits per heavy atom. The Kier molecular flexibility index (Phi) is 4.67. The third-order valence-corrected chi connectivity index (χ3v) is 5.07. The normalized spacial score (nSPS) is 19.6. The van der Waals surface area contributed by atoms with Gasteiger partial charge in [0.15, 0.2) is 0 Å². The summed E-state index contributed by atoms with van der Waals surface area (Å²) in [5, 5.41) is 3.80. The van der Waals surface area contributed by atoms with Crippen molar-refractivity contribution < 1.29 is 0 Å². The Bertz CT molecular complexity index is 416. The van der Waals surface area contributed by atoms with Crippen LogP contribution < -0.4 is 5.32 Å². The van der Waals surface area contributed by atoms with Gasteiger partial charge < -0.3 is 5.32 Å². The summed E-state index contributed by atoms with van der Waals surface area (Å²) >= 11 is 0. The number of aryl methyl sites for hydroxylation is 2. The van der Waals surface area contributed by atoms with E-state index in [0.29, 0.717) is 11.5 Å². The Hall–Kier alpha value is -0.820. The van der Waals surface area contributed by atoms with Gasteiger partial charge in [-0.05, 0) is 56.2 Å². The average Bonchev–Trinajstić information content (AvgIpc) is 2.89. The van der Waals surface area contributed by atoms with Gasteiger partial charge in [0.25, 0.3) is 0 Å². The predicted molar refractivity (Wildman–Crippen MR) is 83.5 cm³/mol. The van der Waals surface area contributed by atoms with Crippen LogP contribution in [0.25, 0.3) is 0 Å². The summed E-state index contributed by atoms with van der Waals surface area (Å²) in [6.07, 6.45) is 6.86. The van der Waals surface area contributed by atoms with Crippen molar-refractivity contribution in [1.82, 2.24) is 5.32 Å². The van der Waals surface area contributed by atoms with E-state index in [2.05, 4.69) is 51.2 Å². The maximum Gasteiger partial charge on any atom is 0.0379 e. The van der Waals surface area contributed by atoms with Gasteiger partial charge in [-0.3, -0.25) is 0 Å². The van der Waals surface area contributed by atoms with Crippen molar-refractivity contribution in [3.05, 3.63) is 34.9 Å². The van der Waals surface area contributed by atoms with Crippen molar-refractivity contribution in [3.8, 4) is 0 Å². The molecule has 1 atom stereocenters. The Morgan fingerprint density at radius 1 is 1.16 bits per heavy atom. The van der Waals surface area contributed by atoms with Crippen LogP contribution in [0.5, 0.6) is 0 Å². The van der Waals surface area contributed by atoms with Crippen molar-refractivity contribution in [2.24, 2.45) is 5.41 Å². The first-order chi connectivity index (χ1) is 9.13. The summed E-state index contributed by atoms with van der Waals surface area (Å²) < 4.78 is 0. The zero-order chi connectivity index (χ0) is 13.9. The lowest BCUT2D eigenvalue weighted by Gasteiger charge is -2.39. The molecule has 1 aliphatic rings. The molecular formula is C18H29N. The number of rotatable bonds is 5. The van der Waals surface area contributed by atoms with Gasteiger partial charge in [-0.2, -0.15) is 0 Å². The minimum Gasteiger partial charge on any atom is -0.310 e. The van der Waals surface area contributed by atoms with Crippen LogP contribution in [0, 0.1) is 19.3 Å². The number of nitrogens with one attached hydrogen (secondary N) is 1. The summed E-state index contributed by atoms with van der Waals surface area (Å²) in [6, 6.07) is 7.45. The van der Waals surface area contributed by atoms with Crippen LogP contribution in [0.1, 0.15) is 68.7 Å². The molecule has 1 saturated carbocycles. The second-order valence-electron chi connectivity index (χ2n) is 6.27. The van der Waals surface area contributed by atoms with Crippen molar-refractivity contribution in [3.63, 3.8) is 0 Å². The van der Waals surface area contributed by atoms with Gasteiger partial charge in [0, 0.05) is 6.04 Å². The van der Waals surface area contributed by atoms with Gasteiger partial charge in [-0.15, -0.1) is 0 Å². The lowest BCUT2D eigenvalue weighted by molar-refractivity contribution is 0.188. The standard InChI is InChI=1S/C18H29N/c1-5-18(11-7-8-12-18)17(19-6-2)16-13-14(3)9-10-15(16)4/h9-10,13,17,19H,5-8,11-12H2,1-4H3. The lowest BCUT2D eigenvalue weighted by Crippen LogP contribution is -2.36.